The highest BCUT2D eigenvalue weighted by Gasteiger charge is 2.26. The van der Waals surface area contributed by atoms with Crippen molar-refractivity contribution in [2.75, 3.05) is 6.61 Å². The summed E-state index contributed by atoms with van der Waals surface area (Å²) in [5.41, 5.74) is 5.07. The molecule has 0 aromatic heterocycles. The van der Waals surface area contributed by atoms with Crippen LogP contribution in [0.15, 0.2) is 0 Å². The second-order valence-corrected chi connectivity index (χ2v) is 8.21. The van der Waals surface area contributed by atoms with E-state index in [2.05, 4.69) is 13.8 Å². The van der Waals surface area contributed by atoms with Gasteiger partial charge in [-0.05, 0) is 58.8 Å². The van der Waals surface area contributed by atoms with E-state index in [9.17, 15) is 9.59 Å². The molecule has 2 saturated carbocycles. The van der Waals surface area contributed by atoms with Crippen molar-refractivity contribution >= 4 is 11.7 Å². The van der Waals surface area contributed by atoms with E-state index in [0.717, 1.165) is 44.9 Å². The predicted molar refractivity (Wildman–Crippen MR) is 106 cm³/mol. The van der Waals surface area contributed by atoms with Gasteiger partial charge in [0.25, 0.3) is 0 Å². The van der Waals surface area contributed by atoms with Gasteiger partial charge < -0.3 is 15.2 Å². The maximum Gasteiger partial charge on any atom is 0.217 e. The number of Topliss-reactive ketones (excluding diaryl/α,β-unsaturated/α-hetero) is 1. The minimum atomic E-state index is -0.248. The molecule has 26 heavy (non-hydrogen) atoms. The summed E-state index contributed by atoms with van der Waals surface area (Å²) in [6.07, 6.45) is 10.1. The molecule has 2 aliphatic carbocycles. The third-order valence-corrected chi connectivity index (χ3v) is 5.08. The average Bonchev–Trinajstić information content (AvgIpc) is 2.51. The molecule has 0 heterocycles. The number of carbonyl (C=O) groups is 2. The third-order valence-electron chi connectivity index (χ3n) is 5.08. The monoisotopic (exact) mass is 371 g/mol. The molecule has 2 N–H and O–H groups in total. The molecule has 154 valence electrons. The van der Waals surface area contributed by atoms with E-state index < -0.39 is 0 Å². The highest BCUT2D eigenvalue weighted by atomic mass is 16.5. The molecule has 0 spiro atoms. The van der Waals surface area contributed by atoms with Crippen LogP contribution in [0, 0.1) is 11.8 Å². The van der Waals surface area contributed by atoms with E-state index in [4.69, 9.17) is 15.2 Å². The molecule has 0 aromatic rings. The number of nitrogens with two attached hydrogens (primary N) is 1. The van der Waals surface area contributed by atoms with Crippen LogP contribution in [0.1, 0.15) is 86.9 Å². The second-order valence-electron chi connectivity index (χ2n) is 8.21. The summed E-state index contributed by atoms with van der Waals surface area (Å²) in [6, 6.07) is 0. The molecule has 0 aromatic carbocycles. The minimum absolute atomic E-state index is 0. The molecule has 0 bridgehead atoms. The third kappa shape index (κ3) is 9.67. The first-order valence-electron chi connectivity index (χ1n) is 10.4. The summed E-state index contributed by atoms with van der Waals surface area (Å²) in [4.78, 5) is 21.7. The van der Waals surface area contributed by atoms with Gasteiger partial charge in [0.2, 0.25) is 5.91 Å². The van der Waals surface area contributed by atoms with Gasteiger partial charge in [0.05, 0.1) is 18.3 Å². The number of primary amides is 1. The second kappa shape index (κ2) is 12.4. The smallest absolute Gasteiger partial charge is 0.217 e. The fourth-order valence-electron chi connectivity index (χ4n) is 3.38. The van der Waals surface area contributed by atoms with Crippen LogP contribution in [-0.2, 0) is 19.1 Å². The molecule has 5 heteroatoms. The molecule has 2 fully saturated rings. The quantitative estimate of drug-likeness (QED) is 0.614. The summed E-state index contributed by atoms with van der Waals surface area (Å²) in [6.45, 7) is 8.77. The van der Waals surface area contributed by atoms with Gasteiger partial charge in [-0.2, -0.15) is 0 Å². The van der Waals surface area contributed by atoms with Crippen LogP contribution < -0.4 is 5.73 Å². The number of hydrogen-bond acceptors (Lipinski definition) is 4. The Kier molecular flexibility index (Phi) is 11.1. The van der Waals surface area contributed by atoms with Gasteiger partial charge in [0.1, 0.15) is 5.78 Å². The van der Waals surface area contributed by atoms with E-state index in [0.29, 0.717) is 43.0 Å². The lowest BCUT2D eigenvalue weighted by Crippen LogP contribution is -2.28. The van der Waals surface area contributed by atoms with Gasteiger partial charge in [-0.25, -0.2) is 0 Å². The summed E-state index contributed by atoms with van der Waals surface area (Å²) >= 11 is 0. The maximum atomic E-state index is 11.1. The van der Waals surface area contributed by atoms with Crippen LogP contribution in [-0.4, -0.2) is 36.6 Å². The van der Waals surface area contributed by atoms with Crippen molar-refractivity contribution in [1.29, 1.82) is 0 Å². The van der Waals surface area contributed by atoms with E-state index in [1.807, 2.05) is 13.8 Å². The number of ketones is 1. The zero-order chi connectivity index (χ0) is 19.5. The summed E-state index contributed by atoms with van der Waals surface area (Å²) in [5, 5.41) is 0. The molecule has 2 rings (SSSR count). The van der Waals surface area contributed by atoms with Crippen molar-refractivity contribution in [3.8, 4) is 0 Å². The van der Waals surface area contributed by atoms with Crippen LogP contribution >= 0.6 is 0 Å². The Balaban J connectivity index is 0.000000572. The molecule has 5 nitrogen and oxygen atoms in total. The largest absolute Gasteiger partial charge is 0.378 e. The number of ether oxygens (including phenoxy) is 2. The Morgan fingerprint density at radius 1 is 1.00 bits per heavy atom. The normalized spacial score (nSPS) is 23.3. The highest BCUT2D eigenvalue weighted by molar-refractivity contribution is 5.83. The molecule has 0 aliphatic heterocycles. The first-order valence-corrected chi connectivity index (χ1v) is 10.4. The van der Waals surface area contributed by atoms with Crippen molar-refractivity contribution in [3.63, 3.8) is 0 Å². The van der Waals surface area contributed by atoms with Gasteiger partial charge in [0, 0.05) is 26.3 Å². The van der Waals surface area contributed by atoms with E-state index in [1.54, 1.807) is 0 Å². The lowest BCUT2D eigenvalue weighted by molar-refractivity contribution is -0.128. The Morgan fingerprint density at radius 2 is 1.58 bits per heavy atom. The zero-order valence-corrected chi connectivity index (χ0v) is 17.2. The van der Waals surface area contributed by atoms with Gasteiger partial charge in [-0.1, -0.05) is 20.3 Å². The molecule has 0 saturated heterocycles. The molecule has 1 amide bonds. The Labute approximate surface area is 160 Å². The van der Waals surface area contributed by atoms with E-state index in [1.165, 1.54) is 6.42 Å². The summed E-state index contributed by atoms with van der Waals surface area (Å²) < 4.78 is 11.5. The first-order chi connectivity index (χ1) is 12.3. The topological polar surface area (TPSA) is 78.6 Å². The molecular formula is C21H41NO4. The fourth-order valence-corrected chi connectivity index (χ4v) is 3.38. The van der Waals surface area contributed by atoms with Crippen LogP contribution in [0.4, 0.5) is 0 Å². The lowest BCUT2D eigenvalue weighted by atomic mass is 9.79. The molecule has 2 aliphatic rings. The van der Waals surface area contributed by atoms with Gasteiger partial charge in [-0.3, -0.25) is 9.59 Å². The molecule has 0 unspecified atom stereocenters. The first kappa shape index (κ1) is 23.1. The van der Waals surface area contributed by atoms with Gasteiger partial charge in [0.15, 0.2) is 0 Å². The van der Waals surface area contributed by atoms with Crippen molar-refractivity contribution in [3.05, 3.63) is 0 Å². The van der Waals surface area contributed by atoms with Crippen molar-refractivity contribution in [1.82, 2.24) is 0 Å². The summed E-state index contributed by atoms with van der Waals surface area (Å²) in [5.74, 6) is 0.921. The number of amides is 1. The average molecular weight is 372 g/mol. The van der Waals surface area contributed by atoms with Crippen molar-refractivity contribution < 1.29 is 20.5 Å². The Bertz CT molecular complexity index is 416. The number of rotatable bonds is 9. The molecule has 0 atom stereocenters. The van der Waals surface area contributed by atoms with E-state index >= 15 is 0 Å². The van der Waals surface area contributed by atoms with Crippen LogP contribution in [0.25, 0.3) is 0 Å². The van der Waals surface area contributed by atoms with Crippen molar-refractivity contribution in [2.45, 2.75) is 104 Å². The minimum Gasteiger partial charge on any atom is -0.378 e. The fraction of sp³-hybridized carbons (Fsp3) is 0.905. The molecular weight excluding hydrogens is 330 g/mol. The van der Waals surface area contributed by atoms with Gasteiger partial charge >= 0.3 is 0 Å². The van der Waals surface area contributed by atoms with E-state index in [-0.39, 0.29) is 13.3 Å². The van der Waals surface area contributed by atoms with Crippen LogP contribution in [0.2, 0.25) is 0 Å². The number of carbonyl (C=O) groups excluding carboxylic acids is 2. The van der Waals surface area contributed by atoms with Crippen molar-refractivity contribution in [2.24, 2.45) is 17.6 Å². The Morgan fingerprint density at radius 3 is 1.96 bits per heavy atom. The maximum absolute atomic E-state index is 11.1. The SMILES string of the molecule is CC(C)C(=O)C1CCC1.CC(C)OC1CCC(OCCCC(N)=O)CC1.[HH]. The highest BCUT2D eigenvalue weighted by Crippen LogP contribution is 2.29. The molecule has 0 radical (unpaired) electrons. The lowest BCUT2D eigenvalue weighted by Gasteiger charge is -2.29. The zero-order valence-electron chi connectivity index (χ0n) is 17.2. The Hall–Kier alpha value is -0.940. The predicted octanol–water partition coefficient (Wildman–Crippen LogP) is 4.26. The standard InChI is InChI=1S/C13H25NO3.C8H14O.H2/c1-10(2)17-12-7-5-11(6-8-12)16-9-3-4-13(14)15;1-6(2)8(9)7-4-3-5-7;/h10-12H,3-9H2,1-2H3,(H2,14,15);6-7H,3-5H2,1-2H3;1H. The van der Waals surface area contributed by atoms with Gasteiger partial charge in [-0.15, -0.1) is 0 Å². The summed E-state index contributed by atoms with van der Waals surface area (Å²) in [7, 11) is 0. The van der Waals surface area contributed by atoms with Crippen LogP contribution in [0.5, 0.6) is 0 Å². The van der Waals surface area contributed by atoms with Crippen LogP contribution in [0.3, 0.4) is 0 Å². The number of hydrogen-bond donors (Lipinski definition) is 1.